The van der Waals surface area contributed by atoms with Gasteiger partial charge in [0, 0.05) is 25.3 Å². The first-order chi connectivity index (χ1) is 12.6. The van der Waals surface area contributed by atoms with Crippen molar-refractivity contribution in [2.45, 2.75) is 31.3 Å². The molecule has 0 radical (unpaired) electrons. The molecule has 7 nitrogen and oxygen atoms in total. The molecule has 2 aliphatic rings. The van der Waals surface area contributed by atoms with Crippen LogP contribution >= 0.6 is 11.8 Å². The van der Waals surface area contributed by atoms with Crippen LogP contribution in [0.3, 0.4) is 0 Å². The number of H-pyrrole nitrogens is 1. The van der Waals surface area contributed by atoms with Crippen molar-refractivity contribution in [3.63, 3.8) is 0 Å². The van der Waals surface area contributed by atoms with Crippen molar-refractivity contribution in [3.8, 4) is 11.5 Å². The van der Waals surface area contributed by atoms with Crippen molar-refractivity contribution in [2.24, 2.45) is 5.41 Å². The molecule has 0 saturated carbocycles. The molecule has 3 heterocycles. The number of hydrogen-bond donors (Lipinski definition) is 1. The molecular formula is C18H22N4O3S. The molecule has 26 heavy (non-hydrogen) atoms. The summed E-state index contributed by atoms with van der Waals surface area (Å²) in [6.45, 7) is 4.06. The van der Waals surface area contributed by atoms with Crippen LogP contribution in [0, 0.1) is 5.41 Å². The topological polar surface area (TPSA) is 80.3 Å². The zero-order valence-corrected chi connectivity index (χ0v) is 15.6. The van der Waals surface area contributed by atoms with Gasteiger partial charge in [0.2, 0.25) is 12.7 Å². The molecule has 1 N–H and O–H groups in total. The number of benzene rings is 1. The quantitative estimate of drug-likeness (QED) is 0.783. The minimum atomic E-state index is 0.0680. The highest BCUT2D eigenvalue weighted by atomic mass is 32.2. The molecule has 4 rings (SSSR count). The largest absolute Gasteiger partial charge is 0.454 e. The summed E-state index contributed by atoms with van der Waals surface area (Å²) in [5, 5.41) is 7.46. The van der Waals surface area contributed by atoms with Crippen LogP contribution in [0.5, 0.6) is 11.5 Å². The Hall–Kier alpha value is -2.22. The number of ether oxygens (including phenoxy) is 2. The van der Waals surface area contributed by atoms with E-state index < -0.39 is 0 Å². The van der Waals surface area contributed by atoms with E-state index >= 15 is 0 Å². The van der Waals surface area contributed by atoms with Crippen LogP contribution in [0.2, 0.25) is 0 Å². The lowest BCUT2D eigenvalue weighted by Gasteiger charge is -2.40. The smallest absolute Gasteiger partial charge is 0.231 e. The average Bonchev–Trinajstić information content (AvgIpc) is 3.29. The maximum absolute atomic E-state index is 12.3. The Labute approximate surface area is 156 Å². The second-order valence-corrected chi connectivity index (χ2v) is 8.21. The van der Waals surface area contributed by atoms with Crippen LogP contribution in [0.15, 0.2) is 29.7 Å². The van der Waals surface area contributed by atoms with Gasteiger partial charge in [0.15, 0.2) is 16.7 Å². The van der Waals surface area contributed by atoms with E-state index in [1.54, 1.807) is 11.8 Å². The Morgan fingerprint density at radius 3 is 3.08 bits per heavy atom. The SMILES string of the molecule is C[C@@]1(Cc2ccc3c(c2)OCO3)CCC(=O)N(CCSc2ncn[nH]2)C1. The predicted molar refractivity (Wildman–Crippen MR) is 97.3 cm³/mol. The molecule has 138 valence electrons. The lowest BCUT2D eigenvalue weighted by atomic mass is 9.76. The average molecular weight is 374 g/mol. The first-order valence-corrected chi connectivity index (χ1v) is 9.74. The fourth-order valence-electron chi connectivity index (χ4n) is 3.60. The molecule has 0 spiro atoms. The summed E-state index contributed by atoms with van der Waals surface area (Å²) in [6, 6.07) is 6.13. The highest BCUT2D eigenvalue weighted by molar-refractivity contribution is 7.99. The minimum absolute atomic E-state index is 0.0680. The standard InChI is InChI=1S/C18H22N4O3S/c1-18(9-13-2-3-14-15(8-13)25-12-24-14)5-4-16(23)22(10-18)6-7-26-17-19-11-20-21-17/h2-3,8,11H,4-7,9-10,12H2,1H3,(H,19,20,21)/t18-/m0/s1. The number of thioether (sulfide) groups is 1. The number of rotatable bonds is 6. The monoisotopic (exact) mass is 374 g/mol. The van der Waals surface area contributed by atoms with Crippen LogP contribution < -0.4 is 9.47 Å². The van der Waals surface area contributed by atoms with Gasteiger partial charge in [-0.1, -0.05) is 24.8 Å². The number of aromatic amines is 1. The Bertz CT molecular complexity index is 783. The second-order valence-electron chi connectivity index (χ2n) is 7.13. The summed E-state index contributed by atoms with van der Waals surface area (Å²) < 4.78 is 10.9. The number of carbonyl (C=O) groups is 1. The van der Waals surface area contributed by atoms with Gasteiger partial charge in [0.1, 0.15) is 6.33 Å². The summed E-state index contributed by atoms with van der Waals surface area (Å²) in [5.41, 5.74) is 1.29. The molecule has 2 aliphatic heterocycles. The number of nitrogens with zero attached hydrogens (tertiary/aromatic N) is 3. The summed E-state index contributed by atoms with van der Waals surface area (Å²) in [6.07, 6.45) is 3.93. The molecule has 1 saturated heterocycles. The molecule has 8 heteroatoms. The lowest BCUT2D eigenvalue weighted by Crippen LogP contribution is -2.47. The maximum Gasteiger partial charge on any atom is 0.231 e. The maximum atomic E-state index is 12.3. The van der Waals surface area contributed by atoms with E-state index in [0.29, 0.717) is 13.2 Å². The van der Waals surface area contributed by atoms with Crippen LogP contribution in [0.4, 0.5) is 0 Å². The van der Waals surface area contributed by atoms with Crippen LogP contribution in [-0.2, 0) is 11.2 Å². The summed E-state index contributed by atoms with van der Waals surface area (Å²) >= 11 is 1.59. The first kappa shape index (κ1) is 17.2. The number of amides is 1. The normalized spacial score (nSPS) is 22.0. The molecule has 1 aromatic carbocycles. The fraction of sp³-hybridized carbons (Fsp3) is 0.500. The van der Waals surface area contributed by atoms with Gasteiger partial charge in [-0.05, 0) is 36.0 Å². The third-order valence-corrected chi connectivity index (χ3v) is 5.79. The van der Waals surface area contributed by atoms with E-state index in [-0.39, 0.29) is 11.3 Å². The van der Waals surface area contributed by atoms with Gasteiger partial charge in [0.25, 0.3) is 0 Å². The van der Waals surface area contributed by atoms with E-state index in [0.717, 1.165) is 48.3 Å². The third kappa shape index (κ3) is 3.80. The molecule has 2 aromatic rings. The van der Waals surface area contributed by atoms with Crippen LogP contribution in [0.1, 0.15) is 25.3 Å². The van der Waals surface area contributed by atoms with Gasteiger partial charge in [0.05, 0.1) is 0 Å². The number of likely N-dealkylation sites (tertiary alicyclic amines) is 1. The molecule has 0 unspecified atom stereocenters. The summed E-state index contributed by atoms with van der Waals surface area (Å²) in [5.74, 6) is 2.68. The molecule has 1 amide bonds. The van der Waals surface area contributed by atoms with Gasteiger partial charge in [-0.2, -0.15) is 5.10 Å². The number of fused-ring (bicyclic) bond motifs is 1. The van der Waals surface area contributed by atoms with Crippen molar-refractivity contribution in [3.05, 3.63) is 30.1 Å². The predicted octanol–water partition coefficient (Wildman–Crippen LogP) is 2.50. The number of nitrogens with one attached hydrogen (secondary N) is 1. The van der Waals surface area contributed by atoms with Crippen molar-refractivity contribution in [2.75, 3.05) is 25.6 Å². The van der Waals surface area contributed by atoms with E-state index in [4.69, 9.17) is 9.47 Å². The highest BCUT2D eigenvalue weighted by Crippen LogP contribution is 2.37. The van der Waals surface area contributed by atoms with Crippen LogP contribution in [0.25, 0.3) is 0 Å². The van der Waals surface area contributed by atoms with Crippen molar-refractivity contribution in [1.82, 2.24) is 20.1 Å². The van der Waals surface area contributed by atoms with Gasteiger partial charge in [-0.25, -0.2) is 4.98 Å². The van der Waals surface area contributed by atoms with Gasteiger partial charge < -0.3 is 14.4 Å². The zero-order chi connectivity index (χ0) is 18.0. The number of aromatic nitrogens is 3. The Balaban J connectivity index is 1.37. The fourth-order valence-corrected chi connectivity index (χ4v) is 4.35. The highest BCUT2D eigenvalue weighted by Gasteiger charge is 2.35. The van der Waals surface area contributed by atoms with E-state index in [9.17, 15) is 4.79 Å². The Kier molecular flexibility index (Phi) is 4.76. The lowest BCUT2D eigenvalue weighted by molar-refractivity contribution is -0.136. The number of carbonyl (C=O) groups excluding carboxylic acids is 1. The van der Waals surface area contributed by atoms with E-state index in [2.05, 4.69) is 34.2 Å². The van der Waals surface area contributed by atoms with E-state index in [1.807, 2.05) is 11.0 Å². The van der Waals surface area contributed by atoms with Gasteiger partial charge in [-0.15, -0.1) is 0 Å². The van der Waals surface area contributed by atoms with Gasteiger partial charge >= 0.3 is 0 Å². The van der Waals surface area contributed by atoms with Gasteiger partial charge in [-0.3, -0.25) is 9.89 Å². The second kappa shape index (κ2) is 7.19. The van der Waals surface area contributed by atoms with Crippen molar-refractivity contribution < 1.29 is 14.3 Å². The Morgan fingerprint density at radius 1 is 1.35 bits per heavy atom. The number of hydrogen-bond acceptors (Lipinski definition) is 6. The Morgan fingerprint density at radius 2 is 2.23 bits per heavy atom. The molecule has 1 atom stereocenters. The van der Waals surface area contributed by atoms with Crippen molar-refractivity contribution in [1.29, 1.82) is 0 Å². The summed E-state index contributed by atoms with van der Waals surface area (Å²) in [7, 11) is 0. The zero-order valence-electron chi connectivity index (χ0n) is 14.7. The number of piperidine rings is 1. The minimum Gasteiger partial charge on any atom is -0.454 e. The molecule has 0 aliphatic carbocycles. The molecule has 1 fully saturated rings. The molecular weight excluding hydrogens is 352 g/mol. The molecule has 1 aromatic heterocycles. The molecule has 0 bridgehead atoms. The third-order valence-electron chi connectivity index (χ3n) is 4.93. The van der Waals surface area contributed by atoms with Crippen molar-refractivity contribution >= 4 is 17.7 Å². The summed E-state index contributed by atoms with van der Waals surface area (Å²) in [4.78, 5) is 18.4. The van der Waals surface area contributed by atoms with Crippen LogP contribution in [-0.4, -0.2) is 51.6 Å². The van der Waals surface area contributed by atoms with E-state index in [1.165, 1.54) is 11.9 Å². The first-order valence-electron chi connectivity index (χ1n) is 8.76.